The number of methoxy groups -OCH3 is 1. The summed E-state index contributed by atoms with van der Waals surface area (Å²) >= 11 is 6.51. The Morgan fingerprint density at radius 1 is 1.24 bits per heavy atom. The van der Waals surface area contributed by atoms with Gasteiger partial charge in [0.25, 0.3) is 6.47 Å². The molecule has 0 aliphatic carbocycles. The molecule has 0 bridgehead atoms. The van der Waals surface area contributed by atoms with Crippen LogP contribution in [0.4, 0.5) is 0 Å². The summed E-state index contributed by atoms with van der Waals surface area (Å²) in [7, 11) is 5.36. The van der Waals surface area contributed by atoms with Crippen LogP contribution in [0, 0.1) is 5.92 Å². The Morgan fingerprint density at radius 3 is 2.48 bits per heavy atom. The van der Waals surface area contributed by atoms with E-state index in [4.69, 9.17) is 16.6 Å². The van der Waals surface area contributed by atoms with Gasteiger partial charge in [-0.25, -0.2) is 0 Å². The highest BCUT2D eigenvalue weighted by molar-refractivity contribution is 6.30. The lowest BCUT2D eigenvalue weighted by Gasteiger charge is -2.39. The smallest absolute Gasteiger partial charge is 0.293 e. The second kappa shape index (κ2) is 22.9. The topological polar surface area (TPSA) is 122 Å². The minimum absolute atomic E-state index is 0.0139. The van der Waals surface area contributed by atoms with Crippen LogP contribution in [0.25, 0.3) is 5.57 Å². The second-order valence-electron chi connectivity index (χ2n) is 11.4. The Bertz CT molecular complexity index is 1250. The molecule has 1 aromatic rings. The van der Waals surface area contributed by atoms with Crippen LogP contribution in [-0.4, -0.2) is 94.3 Å². The number of nitrogens with two attached hydrogens (primary N) is 1. The van der Waals surface area contributed by atoms with Crippen LogP contribution in [0.1, 0.15) is 57.7 Å². The van der Waals surface area contributed by atoms with Crippen molar-refractivity contribution in [2.24, 2.45) is 21.6 Å². The van der Waals surface area contributed by atoms with Gasteiger partial charge < -0.3 is 25.4 Å². The van der Waals surface area contributed by atoms with Crippen molar-refractivity contribution < 1.29 is 19.1 Å². The van der Waals surface area contributed by atoms with Crippen molar-refractivity contribution in [2.75, 3.05) is 54.0 Å². The lowest BCUT2D eigenvalue weighted by molar-refractivity contribution is -0.132. The Morgan fingerprint density at radius 2 is 1.93 bits per heavy atom. The number of allylic oxidation sites excluding steroid dienone is 4. The molecule has 3 rings (SSSR count). The third kappa shape index (κ3) is 15.6. The largest absolute Gasteiger partial charge is 0.465 e. The Hall–Kier alpha value is -3.57. The molecule has 1 saturated heterocycles. The summed E-state index contributed by atoms with van der Waals surface area (Å²) in [5, 5.41) is 3.79. The number of carbonyl (C=O) groups excluding carboxylic acids is 2. The molecule has 0 aromatic heterocycles. The second-order valence-corrected chi connectivity index (χ2v) is 11.8. The molecule has 0 unspecified atom stereocenters. The fourth-order valence-electron chi connectivity index (χ4n) is 4.76. The molecule has 2 heterocycles. The molecule has 11 heteroatoms. The van der Waals surface area contributed by atoms with Crippen LogP contribution in [-0.2, 0) is 19.1 Å². The predicted molar refractivity (Wildman–Crippen MR) is 191 cm³/mol. The summed E-state index contributed by atoms with van der Waals surface area (Å²) in [4.78, 5) is 32.9. The number of nitrogens with one attached hydrogen (secondary N) is 1. The first-order valence-corrected chi connectivity index (χ1v) is 15.8. The molecule has 2 aliphatic heterocycles. The molecule has 1 fully saturated rings. The van der Waals surface area contributed by atoms with Crippen molar-refractivity contribution in [2.45, 2.75) is 52.7 Å². The van der Waals surface area contributed by atoms with E-state index in [9.17, 15) is 9.59 Å². The first-order chi connectivity index (χ1) is 21.9. The van der Waals surface area contributed by atoms with Gasteiger partial charge in [0, 0.05) is 51.6 Å². The van der Waals surface area contributed by atoms with Crippen LogP contribution in [0.3, 0.4) is 0 Å². The maximum atomic E-state index is 9.70. The highest BCUT2D eigenvalue weighted by atomic mass is 35.5. The lowest BCUT2D eigenvalue weighted by atomic mass is 9.86. The molecule has 1 amide bonds. The van der Waals surface area contributed by atoms with E-state index in [1.807, 2.05) is 18.5 Å². The molecule has 46 heavy (non-hydrogen) atoms. The summed E-state index contributed by atoms with van der Waals surface area (Å²) in [6, 6.07) is 6.31. The van der Waals surface area contributed by atoms with E-state index < -0.39 is 5.91 Å². The van der Waals surface area contributed by atoms with Crippen molar-refractivity contribution in [3.8, 4) is 0 Å². The van der Waals surface area contributed by atoms with Crippen molar-refractivity contribution in [3.05, 3.63) is 77.1 Å². The van der Waals surface area contributed by atoms with Crippen LogP contribution in [0.5, 0.6) is 0 Å². The number of rotatable bonds is 13. The fraction of sp³-hybridized carbons (Fsp3) is 0.486. The fourth-order valence-corrected chi connectivity index (χ4v) is 4.93. The average Bonchev–Trinajstić information content (AvgIpc) is 3.21. The molecule has 0 radical (unpaired) electrons. The Labute approximate surface area is 280 Å². The van der Waals surface area contributed by atoms with Crippen molar-refractivity contribution in [3.63, 3.8) is 0 Å². The van der Waals surface area contributed by atoms with E-state index in [2.05, 4.69) is 93.2 Å². The number of benzene rings is 1. The summed E-state index contributed by atoms with van der Waals surface area (Å²) in [6.07, 6.45) is 13.9. The summed E-state index contributed by atoms with van der Waals surface area (Å²) in [5.74, 6) is -0.114. The van der Waals surface area contributed by atoms with Gasteiger partial charge in [0.05, 0.1) is 24.2 Å². The maximum absolute atomic E-state index is 9.70. The molecular weight excluding hydrogens is 604 g/mol. The van der Waals surface area contributed by atoms with Gasteiger partial charge in [0.15, 0.2) is 0 Å². The molecule has 3 N–H and O–H groups in total. The van der Waals surface area contributed by atoms with Crippen LogP contribution in [0.2, 0.25) is 5.02 Å². The van der Waals surface area contributed by atoms with E-state index in [-0.39, 0.29) is 18.8 Å². The first kappa shape index (κ1) is 40.5. The molecule has 254 valence electrons. The normalized spacial score (nSPS) is 16.7. The zero-order valence-corrected chi connectivity index (χ0v) is 29.3. The number of carbonyl (C=O) groups is 2. The molecule has 0 saturated carbocycles. The SMILES string of the molecule is C=C(C[C@@H](C)/C=C/NC=NC)c1cc(Cl)ccc1[C@@H](C1=NC=CCC=C1C)N1CCN(C)CC1.CC(C)OC=O.COCC(N)=O. The summed E-state index contributed by atoms with van der Waals surface area (Å²) < 4.78 is 8.69. The number of amides is 1. The van der Waals surface area contributed by atoms with Crippen LogP contribution in [0.15, 0.2) is 71.0 Å². The molecule has 2 atom stereocenters. The zero-order valence-electron chi connectivity index (χ0n) is 28.5. The van der Waals surface area contributed by atoms with Crippen LogP contribution >= 0.6 is 11.6 Å². The zero-order chi connectivity index (χ0) is 34.5. The standard InChI is InChI=1S/C28H38ClN5.C4H8O2.C3H7NO2/c1-21(11-13-31-20-30-4)18-23(3)26-19-24(29)9-10-25(26)28(34-16-14-33(5)15-17-34)27-22(2)8-6-7-12-32-27;1-4(2)6-3-5;1-6-2-3(4)5/h7-13,19-21,28H,3,6,14-18H2,1-2,4-5H3,(H,30,31);3-4H,1-2H3;2H2,1H3,(H2,4,5)/b13-11+;;/t21-,28-;;/m0../s1. The molecule has 10 nitrogen and oxygen atoms in total. The lowest BCUT2D eigenvalue weighted by Crippen LogP contribution is -2.48. The minimum atomic E-state index is -0.433. The number of hydrogen-bond acceptors (Lipinski definition) is 8. The van der Waals surface area contributed by atoms with Crippen molar-refractivity contribution in [1.82, 2.24) is 15.1 Å². The minimum Gasteiger partial charge on any atom is -0.465 e. The quantitative estimate of drug-likeness (QED) is 0.165. The summed E-state index contributed by atoms with van der Waals surface area (Å²) in [6.45, 7) is 17.0. The van der Waals surface area contributed by atoms with E-state index in [0.29, 0.717) is 12.4 Å². The van der Waals surface area contributed by atoms with Gasteiger partial charge in [0.1, 0.15) is 6.61 Å². The van der Waals surface area contributed by atoms with Gasteiger partial charge in [0.2, 0.25) is 5.91 Å². The van der Waals surface area contributed by atoms with Gasteiger partial charge in [-0.05, 0) is 87.2 Å². The third-order valence-electron chi connectivity index (χ3n) is 7.04. The van der Waals surface area contributed by atoms with E-state index in [1.54, 1.807) is 27.2 Å². The number of ether oxygens (including phenoxy) is 2. The van der Waals surface area contributed by atoms with E-state index in [1.165, 1.54) is 18.2 Å². The predicted octanol–water partition coefficient (Wildman–Crippen LogP) is 5.42. The van der Waals surface area contributed by atoms with Gasteiger partial charge in [-0.2, -0.15) is 0 Å². The molecule has 0 spiro atoms. The Balaban J connectivity index is 0.000000747. The number of hydrogen-bond donors (Lipinski definition) is 2. The van der Waals surface area contributed by atoms with E-state index in [0.717, 1.165) is 60.9 Å². The highest BCUT2D eigenvalue weighted by Gasteiger charge is 2.31. The number of likely N-dealkylation sites (N-methyl/N-ethyl adjacent to an activating group) is 1. The number of piperazine rings is 1. The van der Waals surface area contributed by atoms with Crippen molar-refractivity contribution in [1.29, 1.82) is 0 Å². The summed E-state index contributed by atoms with van der Waals surface area (Å²) in [5.41, 5.74) is 10.4. The van der Waals surface area contributed by atoms with Crippen LogP contribution < -0.4 is 11.1 Å². The monoisotopic (exact) mass is 656 g/mol. The first-order valence-electron chi connectivity index (χ1n) is 15.4. The molecule has 2 aliphatic rings. The van der Waals surface area contributed by atoms with Crippen molar-refractivity contribution >= 4 is 41.6 Å². The number of aliphatic imine (C=N–C) groups is 2. The maximum Gasteiger partial charge on any atom is 0.293 e. The highest BCUT2D eigenvalue weighted by Crippen LogP contribution is 2.36. The average molecular weight is 657 g/mol. The Kier molecular flexibility index (Phi) is 20.1. The number of nitrogens with zero attached hydrogens (tertiary/aromatic N) is 4. The van der Waals surface area contributed by atoms with Gasteiger partial charge in [-0.1, -0.05) is 49.4 Å². The molecule has 1 aromatic carbocycles. The van der Waals surface area contributed by atoms with Gasteiger partial charge >= 0.3 is 0 Å². The van der Waals surface area contributed by atoms with Gasteiger partial charge in [-0.15, -0.1) is 0 Å². The number of halogens is 1. The number of primary amides is 1. The van der Waals surface area contributed by atoms with E-state index >= 15 is 0 Å². The van der Waals surface area contributed by atoms with Gasteiger partial charge in [-0.3, -0.25) is 24.5 Å². The molecular formula is C35H53ClN6O4. The third-order valence-corrected chi connectivity index (χ3v) is 7.28.